The monoisotopic (exact) mass is 348 g/mol. The fraction of sp³-hybridized carbons (Fsp3) is 0.650. The maximum atomic E-state index is 12.8. The highest BCUT2D eigenvalue weighted by molar-refractivity contribution is 5.95. The number of methoxy groups -OCH3 is 1. The van der Waals surface area contributed by atoms with E-state index in [1.165, 1.54) is 0 Å². The van der Waals surface area contributed by atoms with Crippen LogP contribution in [0.2, 0.25) is 0 Å². The molecule has 1 aromatic carbocycles. The Bertz CT molecular complexity index is 564. The van der Waals surface area contributed by atoms with Gasteiger partial charge >= 0.3 is 0 Å². The normalized spacial score (nSPS) is 16.8. The number of amides is 1. The molecule has 0 aromatic heterocycles. The van der Waals surface area contributed by atoms with Crippen molar-refractivity contribution in [1.29, 1.82) is 0 Å². The second kappa shape index (κ2) is 9.09. The second-order valence-electron chi connectivity index (χ2n) is 7.39. The number of carbonyl (C=O) groups is 1. The van der Waals surface area contributed by atoms with Gasteiger partial charge in [0.05, 0.1) is 13.7 Å². The average Bonchev–Trinajstić information content (AvgIpc) is 2.61. The molecule has 2 rings (SSSR count). The highest BCUT2D eigenvalue weighted by Crippen LogP contribution is 2.30. The fourth-order valence-corrected chi connectivity index (χ4v) is 3.14. The van der Waals surface area contributed by atoms with Crippen molar-refractivity contribution in [2.24, 2.45) is 17.6 Å². The largest absolute Gasteiger partial charge is 0.493 e. The minimum atomic E-state index is 0.0511. The quantitative estimate of drug-likeness (QED) is 0.821. The number of likely N-dealkylation sites (tertiary alicyclic amines) is 1. The maximum absolute atomic E-state index is 12.8. The molecule has 1 unspecified atom stereocenters. The first-order chi connectivity index (χ1) is 11.9. The summed E-state index contributed by atoms with van der Waals surface area (Å²) in [5.41, 5.74) is 6.62. The minimum absolute atomic E-state index is 0.0511. The van der Waals surface area contributed by atoms with Crippen LogP contribution < -0.4 is 15.2 Å². The number of hydrogen-bond acceptors (Lipinski definition) is 4. The molecule has 1 aliphatic rings. The third kappa shape index (κ3) is 5.36. The highest BCUT2D eigenvalue weighted by atomic mass is 16.5. The number of rotatable bonds is 7. The first-order valence-electron chi connectivity index (χ1n) is 9.28. The van der Waals surface area contributed by atoms with Gasteiger partial charge in [0, 0.05) is 24.7 Å². The van der Waals surface area contributed by atoms with Gasteiger partial charge < -0.3 is 20.1 Å². The van der Waals surface area contributed by atoms with Crippen LogP contribution in [0, 0.1) is 11.8 Å². The Morgan fingerprint density at radius 2 is 1.92 bits per heavy atom. The zero-order valence-electron chi connectivity index (χ0n) is 16.0. The van der Waals surface area contributed by atoms with E-state index in [0.717, 1.165) is 32.4 Å². The Labute approximate surface area is 151 Å². The number of nitrogens with two attached hydrogens (primary N) is 1. The molecule has 0 radical (unpaired) electrons. The highest BCUT2D eigenvalue weighted by Gasteiger charge is 2.26. The summed E-state index contributed by atoms with van der Waals surface area (Å²) < 4.78 is 11.2. The summed E-state index contributed by atoms with van der Waals surface area (Å²) in [6.45, 7) is 8.55. The Kier molecular flexibility index (Phi) is 7.12. The van der Waals surface area contributed by atoms with Crippen LogP contribution >= 0.6 is 0 Å². The van der Waals surface area contributed by atoms with Crippen molar-refractivity contribution in [3.63, 3.8) is 0 Å². The summed E-state index contributed by atoms with van der Waals surface area (Å²) in [4.78, 5) is 14.7. The Hall–Kier alpha value is -1.75. The molecule has 1 aliphatic heterocycles. The van der Waals surface area contributed by atoms with Crippen LogP contribution in [0.1, 0.15) is 50.4 Å². The number of ether oxygens (including phenoxy) is 2. The molecule has 0 spiro atoms. The fourth-order valence-electron chi connectivity index (χ4n) is 3.14. The molecule has 140 valence electrons. The Morgan fingerprint density at radius 3 is 2.48 bits per heavy atom. The first-order valence-corrected chi connectivity index (χ1v) is 9.28. The van der Waals surface area contributed by atoms with Gasteiger partial charge in [0.2, 0.25) is 0 Å². The van der Waals surface area contributed by atoms with Crippen molar-refractivity contribution in [2.45, 2.75) is 46.1 Å². The van der Waals surface area contributed by atoms with Gasteiger partial charge in [0.15, 0.2) is 11.5 Å². The standard InChI is InChI=1S/C20H32N2O3/c1-14(2)9-12-25-18-6-5-17(13-19(18)24-4)20(23)22-10-7-16(8-11-22)15(3)21/h5-6,13-16H,7-12,21H2,1-4H3. The molecule has 1 aromatic rings. The number of benzene rings is 1. The number of piperidine rings is 1. The number of carbonyl (C=O) groups excluding carboxylic acids is 1. The van der Waals surface area contributed by atoms with Crippen LogP contribution in [0.3, 0.4) is 0 Å². The molecule has 5 nitrogen and oxygen atoms in total. The van der Waals surface area contributed by atoms with Gasteiger partial charge in [-0.2, -0.15) is 0 Å². The van der Waals surface area contributed by atoms with Gasteiger partial charge in [-0.3, -0.25) is 4.79 Å². The van der Waals surface area contributed by atoms with Crippen molar-refractivity contribution >= 4 is 5.91 Å². The van der Waals surface area contributed by atoms with E-state index in [1.54, 1.807) is 13.2 Å². The summed E-state index contributed by atoms with van der Waals surface area (Å²) in [7, 11) is 1.60. The molecule has 5 heteroatoms. The van der Waals surface area contributed by atoms with Crippen LogP contribution in [0.25, 0.3) is 0 Å². The van der Waals surface area contributed by atoms with Crippen LogP contribution in [0.4, 0.5) is 0 Å². The molecule has 0 bridgehead atoms. The lowest BCUT2D eigenvalue weighted by Crippen LogP contribution is -2.42. The Balaban J connectivity index is 2.00. The summed E-state index contributed by atoms with van der Waals surface area (Å²) >= 11 is 0. The first kappa shape index (κ1) is 19.6. The van der Waals surface area contributed by atoms with E-state index in [2.05, 4.69) is 13.8 Å². The number of hydrogen-bond donors (Lipinski definition) is 1. The molecule has 0 saturated carbocycles. The average molecular weight is 348 g/mol. The molecule has 1 atom stereocenters. The predicted octanol–water partition coefficient (Wildman–Crippen LogP) is 3.32. The van der Waals surface area contributed by atoms with E-state index in [9.17, 15) is 4.79 Å². The van der Waals surface area contributed by atoms with E-state index in [1.807, 2.05) is 24.0 Å². The van der Waals surface area contributed by atoms with Crippen molar-refractivity contribution < 1.29 is 14.3 Å². The van der Waals surface area contributed by atoms with Crippen LogP contribution in [-0.4, -0.2) is 43.7 Å². The summed E-state index contributed by atoms with van der Waals surface area (Å²) in [5, 5.41) is 0. The molecule has 1 fully saturated rings. The van der Waals surface area contributed by atoms with Gasteiger partial charge in [0.25, 0.3) is 5.91 Å². The van der Waals surface area contributed by atoms with E-state index in [0.29, 0.717) is 35.5 Å². The third-order valence-electron chi connectivity index (χ3n) is 4.93. The molecule has 2 N–H and O–H groups in total. The molecule has 1 heterocycles. The smallest absolute Gasteiger partial charge is 0.253 e. The van der Waals surface area contributed by atoms with Gasteiger partial charge in [-0.1, -0.05) is 13.8 Å². The molecular weight excluding hydrogens is 316 g/mol. The van der Waals surface area contributed by atoms with Crippen LogP contribution in [-0.2, 0) is 0 Å². The van der Waals surface area contributed by atoms with Crippen LogP contribution in [0.15, 0.2) is 18.2 Å². The van der Waals surface area contributed by atoms with Crippen molar-refractivity contribution in [1.82, 2.24) is 4.90 Å². The van der Waals surface area contributed by atoms with E-state index < -0.39 is 0 Å². The number of nitrogens with zero attached hydrogens (tertiary/aromatic N) is 1. The molecule has 0 aliphatic carbocycles. The van der Waals surface area contributed by atoms with E-state index >= 15 is 0 Å². The lowest BCUT2D eigenvalue weighted by atomic mass is 9.90. The van der Waals surface area contributed by atoms with E-state index in [-0.39, 0.29) is 11.9 Å². The summed E-state index contributed by atoms with van der Waals surface area (Å²) in [5.74, 6) is 2.45. The molecular formula is C20H32N2O3. The van der Waals surface area contributed by atoms with Crippen LogP contribution in [0.5, 0.6) is 11.5 Å². The lowest BCUT2D eigenvalue weighted by molar-refractivity contribution is 0.0680. The lowest BCUT2D eigenvalue weighted by Gasteiger charge is -2.33. The van der Waals surface area contributed by atoms with Gasteiger partial charge in [-0.25, -0.2) is 0 Å². The Morgan fingerprint density at radius 1 is 1.24 bits per heavy atom. The molecule has 25 heavy (non-hydrogen) atoms. The van der Waals surface area contributed by atoms with Gasteiger partial charge in [0.1, 0.15) is 0 Å². The van der Waals surface area contributed by atoms with Crippen molar-refractivity contribution in [2.75, 3.05) is 26.8 Å². The zero-order valence-corrected chi connectivity index (χ0v) is 16.0. The molecule has 1 saturated heterocycles. The zero-order chi connectivity index (χ0) is 18.4. The summed E-state index contributed by atoms with van der Waals surface area (Å²) in [6, 6.07) is 5.64. The minimum Gasteiger partial charge on any atom is -0.493 e. The van der Waals surface area contributed by atoms with E-state index in [4.69, 9.17) is 15.2 Å². The molecule has 1 amide bonds. The van der Waals surface area contributed by atoms with Gasteiger partial charge in [-0.05, 0) is 56.2 Å². The SMILES string of the molecule is COc1cc(C(=O)N2CCC(C(C)N)CC2)ccc1OCCC(C)C. The van der Waals surface area contributed by atoms with Gasteiger partial charge in [-0.15, -0.1) is 0 Å². The topological polar surface area (TPSA) is 64.8 Å². The summed E-state index contributed by atoms with van der Waals surface area (Å²) in [6.07, 6.45) is 2.92. The maximum Gasteiger partial charge on any atom is 0.253 e. The second-order valence-corrected chi connectivity index (χ2v) is 7.39. The predicted molar refractivity (Wildman–Crippen MR) is 100 cm³/mol. The third-order valence-corrected chi connectivity index (χ3v) is 4.93. The van der Waals surface area contributed by atoms with Crippen molar-refractivity contribution in [3.05, 3.63) is 23.8 Å². The van der Waals surface area contributed by atoms with Crippen molar-refractivity contribution in [3.8, 4) is 11.5 Å².